The minimum Gasteiger partial charge on any atom is -0.477 e. The molecule has 1 fully saturated rings. The number of nitrogens with one attached hydrogen (secondary N) is 2. The highest BCUT2D eigenvalue weighted by atomic mass is 32.2. The van der Waals surface area contributed by atoms with Gasteiger partial charge in [-0.15, -0.1) is 11.8 Å². The van der Waals surface area contributed by atoms with E-state index in [9.17, 15) is 9.59 Å². The van der Waals surface area contributed by atoms with Crippen LogP contribution in [-0.2, 0) is 4.79 Å². The second-order valence-electron chi connectivity index (χ2n) is 4.11. The van der Waals surface area contributed by atoms with Crippen LogP contribution in [0.15, 0.2) is 6.07 Å². The molecular weight excluding hydrogens is 242 g/mol. The lowest BCUT2D eigenvalue weighted by Crippen LogP contribution is -2.34. The third-order valence-electron chi connectivity index (χ3n) is 2.75. The summed E-state index contributed by atoms with van der Waals surface area (Å²) in [5.74, 6) is 0.00854. The first-order valence-electron chi connectivity index (χ1n) is 5.25. The number of carboxylic acids is 1. The van der Waals surface area contributed by atoms with Crippen molar-refractivity contribution in [3.63, 3.8) is 0 Å². The van der Waals surface area contributed by atoms with E-state index in [4.69, 9.17) is 5.11 Å². The number of nitrogens with zero attached hydrogens (tertiary/aromatic N) is 1. The Kier molecular flexibility index (Phi) is 3.10. The van der Waals surface area contributed by atoms with Gasteiger partial charge in [0, 0.05) is 6.07 Å². The maximum Gasteiger partial charge on any atom is 0.353 e. The van der Waals surface area contributed by atoms with Crippen LogP contribution in [0, 0.1) is 0 Å². The molecule has 6 nitrogen and oxygen atoms in total. The van der Waals surface area contributed by atoms with Gasteiger partial charge in [0.25, 0.3) is 0 Å². The summed E-state index contributed by atoms with van der Waals surface area (Å²) >= 11 is 1.62. The molecule has 1 saturated heterocycles. The Morgan fingerprint density at radius 1 is 1.65 bits per heavy atom. The first-order chi connectivity index (χ1) is 8.01. The van der Waals surface area contributed by atoms with Gasteiger partial charge in [-0.25, -0.2) is 4.79 Å². The molecule has 1 aromatic heterocycles. The average Bonchev–Trinajstić information content (AvgIpc) is 2.88. The van der Waals surface area contributed by atoms with Gasteiger partial charge in [-0.1, -0.05) is 0 Å². The Morgan fingerprint density at radius 3 is 2.94 bits per heavy atom. The fraction of sp³-hybridized carbons (Fsp3) is 0.500. The standard InChI is InChI=1S/C10H13N3O3S/c1-10(3-2-4-17-10)9(16)11-7-5-6(8(14)15)12-13-7/h5H,2-4H2,1H3,(H,14,15)(H2,11,12,13,16). The number of thioether (sulfide) groups is 1. The van der Waals surface area contributed by atoms with Crippen LogP contribution in [0.5, 0.6) is 0 Å². The van der Waals surface area contributed by atoms with Gasteiger partial charge in [0.05, 0.1) is 4.75 Å². The number of carbonyl (C=O) groups is 2. The molecule has 7 heteroatoms. The minimum absolute atomic E-state index is 0.0375. The number of amides is 1. The second-order valence-corrected chi connectivity index (χ2v) is 5.71. The summed E-state index contributed by atoms with van der Waals surface area (Å²) in [6.07, 6.45) is 1.86. The first kappa shape index (κ1) is 12.0. The number of aromatic amines is 1. The van der Waals surface area contributed by atoms with Gasteiger partial charge in [0.2, 0.25) is 5.91 Å². The summed E-state index contributed by atoms with van der Waals surface area (Å²) in [7, 11) is 0. The van der Waals surface area contributed by atoms with Gasteiger partial charge in [0.1, 0.15) is 5.69 Å². The van der Waals surface area contributed by atoms with E-state index >= 15 is 0 Å². The number of carbonyl (C=O) groups excluding carboxylic acids is 1. The van der Waals surface area contributed by atoms with E-state index < -0.39 is 10.7 Å². The van der Waals surface area contributed by atoms with Crippen LogP contribution in [0.3, 0.4) is 0 Å². The Morgan fingerprint density at radius 2 is 2.41 bits per heavy atom. The molecule has 0 bridgehead atoms. The minimum atomic E-state index is -1.10. The van der Waals surface area contributed by atoms with E-state index in [-0.39, 0.29) is 17.4 Å². The third-order valence-corrected chi connectivity index (χ3v) is 4.27. The maximum absolute atomic E-state index is 12.0. The SMILES string of the molecule is CC1(C(=O)Nc2cc(C(=O)O)[nH]n2)CCCS1. The molecule has 1 aliphatic rings. The number of rotatable bonds is 3. The van der Waals surface area contributed by atoms with E-state index in [2.05, 4.69) is 15.5 Å². The van der Waals surface area contributed by atoms with Crippen LogP contribution in [0.4, 0.5) is 5.82 Å². The molecule has 0 spiro atoms. The molecule has 92 valence electrons. The van der Waals surface area contributed by atoms with Crippen LogP contribution in [0.2, 0.25) is 0 Å². The monoisotopic (exact) mass is 255 g/mol. The molecule has 1 atom stereocenters. The van der Waals surface area contributed by atoms with Crippen molar-refractivity contribution in [2.75, 3.05) is 11.1 Å². The molecule has 2 heterocycles. The summed E-state index contributed by atoms with van der Waals surface area (Å²) in [6, 6.07) is 1.31. The third kappa shape index (κ3) is 2.44. The average molecular weight is 255 g/mol. The molecule has 1 unspecified atom stereocenters. The molecule has 3 N–H and O–H groups in total. The Balaban J connectivity index is 2.05. The predicted octanol–water partition coefficient (Wildman–Crippen LogP) is 1.33. The predicted molar refractivity (Wildman–Crippen MR) is 64.3 cm³/mol. The van der Waals surface area contributed by atoms with Gasteiger partial charge in [-0.2, -0.15) is 5.10 Å². The number of aromatic carboxylic acids is 1. The van der Waals surface area contributed by atoms with E-state index in [1.807, 2.05) is 6.92 Å². The molecule has 0 saturated carbocycles. The van der Waals surface area contributed by atoms with Crippen molar-refractivity contribution in [1.29, 1.82) is 0 Å². The molecular formula is C10H13N3O3S. The number of hydrogen-bond acceptors (Lipinski definition) is 4. The fourth-order valence-electron chi connectivity index (χ4n) is 1.70. The highest BCUT2D eigenvalue weighted by Crippen LogP contribution is 2.38. The Hall–Kier alpha value is -1.50. The molecule has 2 rings (SSSR count). The van der Waals surface area contributed by atoms with Gasteiger partial charge >= 0.3 is 5.97 Å². The lowest BCUT2D eigenvalue weighted by atomic mass is 10.1. The number of hydrogen-bond donors (Lipinski definition) is 3. The topological polar surface area (TPSA) is 95.1 Å². The Labute approximate surface area is 102 Å². The summed E-state index contributed by atoms with van der Waals surface area (Å²) in [6.45, 7) is 1.89. The fourth-order valence-corrected chi connectivity index (χ4v) is 2.91. The number of anilines is 1. The second kappa shape index (κ2) is 4.40. The smallest absolute Gasteiger partial charge is 0.353 e. The zero-order valence-corrected chi connectivity index (χ0v) is 10.1. The Bertz CT molecular complexity index is 451. The van der Waals surface area contributed by atoms with E-state index in [1.165, 1.54) is 6.07 Å². The van der Waals surface area contributed by atoms with E-state index in [0.29, 0.717) is 0 Å². The number of H-pyrrole nitrogens is 1. The number of carboxylic acid groups (broad SMARTS) is 1. The van der Waals surface area contributed by atoms with Gasteiger partial charge in [-0.3, -0.25) is 9.89 Å². The summed E-state index contributed by atoms with van der Waals surface area (Å²) in [5, 5.41) is 17.4. The normalized spacial score (nSPS) is 23.6. The zero-order valence-electron chi connectivity index (χ0n) is 9.32. The molecule has 0 aliphatic carbocycles. The van der Waals surface area contributed by atoms with Gasteiger partial charge in [-0.05, 0) is 25.5 Å². The largest absolute Gasteiger partial charge is 0.477 e. The molecule has 17 heavy (non-hydrogen) atoms. The molecule has 0 aromatic carbocycles. The lowest BCUT2D eigenvalue weighted by Gasteiger charge is -2.20. The van der Waals surface area contributed by atoms with Crippen LogP contribution >= 0.6 is 11.8 Å². The summed E-state index contributed by atoms with van der Waals surface area (Å²) in [5.41, 5.74) is -0.0375. The van der Waals surface area contributed by atoms with Crippen molar-refractivity contribution >= 4 is 29.5 Å². The zero-order chi connectivity index (χ0) is 12.5. The van der Waals surface area contributed by atoms with Crippen LogP contribution in [0.25, 0.3) is 0 Å². The van der Waals surface area contributed by atoms with Crippen molar-refractivity contribution in [2.45, 2.75) is 24.5 Å². The number of aromatic nitrogens is 2. The van der Waals surface area contributed by atoms with Crippen LogP contribution in [-0.4, -0.2) is 37.7 Å². The van der Waals surface area contributed by atoms with Crippen LogP contribution < -0.4 is 5.32 Å². The highest BCUT2D eigenvalue weighted by molar-refractivity contribution is 8.01. The summed E-state index contributed by atoms with van der Waals surface area (Å²) < 4.78 is -0.428. The molecule has 1 aromatic rings. The highest BCUT2D eigenvalue weighted by Gasteiger charge is 2.37. The maximum atomic E-state index is 12.0. The van der Waals surface area contributed by atoms with Gasteiger partial charge < -0.3 is 10.4 Å². The molecule has 0 radical (unpaired) electrons. The van der Waals surface area contributed by atoms with Crippen molar-refractivity contribution in [2.24, 2.45) is 0 Å². The van der Waals surface area contributed by atoms with E-state index in [1.54, 1.807) is 11.8 Å². The summed E-state index contributed by atoms with van der Waals surface area (Å²) in [4.78, 5) is 22.6. The quantitative estimate of drug-likeness (QED) is 0.757. The lowest BCUT2D eigenvalue weighted by molar-refractivity contribution is -0.118. The van der Waals surface area contributed by atoms with Crippen LogP contribution in [0.1, 0.15) is 30.3 Å². The molecule has 1 aliphatic heterocycles. The van der Waals surface area contributed by atoms with Crippen molar-refractivity contribution in [3.05, 3.63) is 11.8 Å². The van der Waals surface area contributed by atoms with E-state index in [0.717, 1.165) is 18.6 Å². The van der Waals surface area contributed by atoms with Gasteiger partial charge in [0.15, 0.2) is 5.82 Å². The van der Waals surface area contributed by atoms with Crippen molar-refractivity contribution in [3.8, 4) is 0 Å². The van der Waals surface area contributed by atoms with Crippen molar-refractivity contribution in [1.82, 2.24) is 10.2 Å². The first-order valence-corrected chi connectivity index (χ1v) is 6.24. The van der Waals surface area contributed by atoms with Crippen molar-refractivity contribution < 1.29 is 14.7 Å². The molecule has 1 amide bonds.